The van der Waals surface area contributed by atoms with E-state index < -0.39 is 10.9 Å². The van der Waals surface area contributed by atoms with Gasteiger partial charge in [0.2, 0.25) is 11.6 Å². The van der Waals surface area contributed by atoms with E-state index in [0.29, 0.717) is 10.2 Å². The smallest absolute Gasteiger partial charge is 0.335 e. The van der Waals surface area contributed by atoms with E-state index >= 15 is 0 Å². The zero-order valence-corrected chi connectivity index (χ0v) is 12.3. The molecule has 2 rings (SSSR count). The van der Waals surface area contributed by atoms with Crippen molar-refractivity contribution in [2.45, 2.75) is 6.92 Å². The van der Waals surface area contributed by atoms with Crippen molar-refractivity contribution in [3.63, 3.8) is 0 Å². The maximum absolute atomic E-state index is 11.0. The van der Waals surface area contributed by atoms with Crippen LogP contribution in [0.4, 0.5) is 5.69 Å². The number of halogens is 1. The van der Waals surface area contributed by atoms with Crippen molar-refractivity contribution in [3.05, 3.63) is 56.2 Å². The van der Waals surface area contributed by atoms with Crippen LogP contribution in [0.25, 0.3) is 0 Å². The predicted octanol–water partition coefficient (Wildman–Crippen LogP) is 3.55. The summed E-state index contributed by atoms with van der Waals surface area (Å²) in [4.78, 5) is 25.4. The SMILES string of the molecule is Cc1cc(C(=O)O)cc(Oc2c(Br)cccc2[N+](=O)[O-])n1. The van der Waals surface area contributed by atoms with Gasteiger partial charge in [0.05, 0.1) is 15.0 Å². The lowest BCUT2D eigenvalue weighted by molar-refractivity contribution is -0.385. The van der Waals surface area contributed by atoms with Gasteiger partial charge >= 0.3 is 11.7 Å². The van der Waals surface area contributed by atoms with Crippen molar-refractivity contribution in [3.8, 4) is 11.6 Å². The molecule has 108 valence electrons. The van der Waals surface area contributed by atoms with Crippen molar-refractivity contribution in [2.75, 3.05) is 0 Å². The van der Waals surface area contributed by atoms with Gasteiger partial charge in [0.1, 0.15) is 0 Å². The molecule has 0 atom stereocenters. The summed E-state index contributed by atoms with van der Waals surface area (Å²) in [6, 6.07) is 6.95. The van der Waals surface area contributed by atoms with E-state index in [9.17, 15) is 14.9 Å². The van der Waals surface area contributed by atoms with Crippen molar-refractivity contribution in [2.24, 2.45) is 0 Å². The number of pyridine rings is 1. The average Bonchev–Trinajstić information content (AvgIpc) is 2.40. The van der Waals surface area contributed by atoms with Gasteiger partial charge in [-0.15, -0.1) is 0 Å². The lowest BCUT2D eigenvalue weighted by Gasteiger charge is -2.08. The Balaban J connectivity index is 2.48. The van der Waals surface area contributed by atoms with Crippen LogP contribution in [0, 0.1) is 17.0 Å². The molecule has 0 spiro atoms. The number of nitrogens with zero attached hydrogens (tertiary/aromatic N) is 2. The van der Waals surface area contributed by atoms with Crippen molar-refractivity contribution >= 4 is 27.6 Å². The largest absolute Gasteiger partial charge is 0.478 e. The molecule has 2 aromatic rings. The number of carboxylic acid groups (broad SMARTS) is 1. The fourth-order valence-electron chi connectivity index (χ4n) is 1.66. The first-order valence-electron chi connectivity index (χ1n) is 5.71. The number of rotatable bonds is 4. The monoisotopic (exact) mass is 352 g/mol. The molecule has 1 aromatic heterocycles. The molecule has 0 aliphatic heterocycles. The number of aromatic carboxylic acids is 1. The van der Waals surface area contributed by atoms with Gasteiger partial charge in [-0.25, -0.2) is 9.78 Å². The highest BCUT2D eigenvalue weighted by Crippen LogP contribution is 2.37. The first kappa shape index (κ1) is 14.9. The van der Waals surface area contributed by atoms with Crippen LogP contribution in [0.2, 0.25) is 0 Å². The standard InChI is InChI=1S/C13H9BrN2O5/c1-7-5-8(13(17)18)6-11(15-7)21-12-9(14)3-2-4-10(12)16(19)20/h2-6H,1H3,(H,17,18). The summed E-state index contributed by atoms with van der Waals surface area (Å²) in [5, 5.41) is 20.0. The van der Waals surface area contributed by atoms with Gasteiger partial charge in [-0.3, -0.25) is 10.1 Å². The van der Waals surface area contributed by atoms with Crippen molar-refractivity contribution < 1.29 is 19.6 Å². The van der Waals surface area contributed by atoms with E-state index in [1.54, 1.807) is 13.0 Å². The normalized spacial score (nSPS) is 10.2. The number of para-hydroxylation sites is 1. The third kappa shape index (κ3) is 3.34. The molecule has 0 fully saturated rings. The highest BCUT2D eigenvalue weighted by molar-refractivity contribution is 9.10. The van der Waals surface area contributed by atoms with Crippen LogP contribution < -0.4 is 4.74 Å². The number of carbonyl (C=O) groups is 1. The van der Waals surface area contributed by atoms with Crippen LogP contribution in [0.3, 0.4) is 0 Å². The Hall–Kier alpha value is -2.48. The van der Waals surface area contributed by atoms with Crippen LogP contribution >= 0.6 is 15.9 Å². The molecule has 0 unspecified atom stereocenters. The molecule has 0 aliphatic carbocycles. The minimum Gasteiger partial charge on any atom is -0.478 e. The van der Waals surface area contributed by atoms with Crippen LogP contribution in [0.15, 0.2) is 34.8 Å². The highest BCUT2D eigenvalue weighted by Gasteiger charge is 2.20. The molecule has 0 saturated heterocycles. The van der Waals surface area contributed by atoms with Gasteiger partial charge in [-0.2, -0.15) is 0 Å². The highest BCUT2D eigenvalue weighted by atomic mass is 79.9. The first-order valence-corrected chi connectivity index (χ1v) is 6.50. The number of benzene rings is 1. The Morgan fingerprint density at radius 2 is 2.14 bits per heavy atom. The molecule has 0 radical (unpaired) electrons. The maximum Gasteiger partial charge on any atom is 0.335 e. The summed E-state index contributed by atoms with van der Waals surface area (Å²) in [5.41, 5.74) is 0.177. The summed E-state index contributed by atoms with van der Waals surface area (Å²) in [6.45, 7) is 1.60. The first-order chi connectivity index (χ1) is 9.88. The maximum atomic E-state index is 11.0. The van der Waals surface area contributed by atoms with Gasteiger partial charge in [-0.05, 0) is 35.0 Å². The molecule has 21 heavy (non-hydrogen) atoms. The minimum atomic E-state index is -1.13. The number of hydrogen-bond acceptors (Lipinski definition) is 5. The molecule has 7 nitrogen and oxygen atoms in total. The summed E-state index contributed by atoms with van der Waals surface area (Å²) in [5.74, 6) is -1.19. The third-order valence-electron chi connectivity index (χ3n) is 2.53. The Kier molecular flexibility index (Phi) is 4.18. The van der Waals surface area contributed by atoms with E-state index in [2.05, 4.69) is 20.9 Å². The van der Waals surface area contributed by atoms with Crippen LogP contribution in [0.5, 0.6) is 11.6 Å². The van der Waals surface area contributed by atoms with Crippen molar-refractivity contribution in [1.29, 1.82) is 0 Å². The van der Waals surface area contributed by atoms with Crippen molar-refractivity contribution in [1.82, 2.24) is 4.98 Å². The lowest BCUT2D eigenvalue weighted by Crippen LogP contribution is -2.01. The number of carboxylic acids is 1. The molecule has 0 saturated carbocycles. The van der Waals surface area contributed by atoms with Crippen LogP contribution in [-0.2, 0) is 0 Å². The second-order valence-corrected chi connectivity index (χ2v) is 4.94. The van der Waals surface area contributed by atoms with Crippen LogP contribution in [-0.4, -0.2) is 21.0 Å². The topological polar surface area (TPSA) is 103 Å². The number of hydrogen-bond donors (Lipinski definition) is 1. The Labute approximate surface area is 127 Å². The molecule has 1 aromatic carbocycles. The summed E-state index contributed by atoms with van der Waals surface area (Å²) < 4.78 is 5.78. The minimum absolute atomic E-state index is 0.00722. The number of aromatic nitrogens is 1. The fourth-order valence-corrected chi connectivity index (χ4v) is 2.10. The third-order valence-corrected chi connectivity index (χ3v) is 3.15. The molecular weight excluding hydrogens is 344 g/mol. The fraction of sp³-hybridized carbons (Fsp3) is 0.0769. The predicted molar refractivity (Wildman–Crippen MR) is 76.8 cm³/mol. The van der Waals surface area contributed by atoms with E-state index in [1.165, 1.54) is 24.3 Å². The van der Waals surface area contributed by atoms with Gasteiger partial charge in [-0.1, -0.05) is 6.07 Å². The lowest BCUT2D eigenvalue weighted by atomic mass is 10.2. The molecular formula is C13H9BrN2O5. The molecule has 8 heteroatoms. The Morgan fingerprint density at radius 3 is 2.76 bits per heavy atom. The van der Waals surface area contributed by atoms with Gasteiger partial charge in [0.25, 0.3) is 0 Å². The van der Waals surface area contributed by atoms with E-state index in [-0.39, 0.29) is 22.9 Å². The zero-order valence-electron chi connectivity index (χ0n) is 10.7. The number of ether oxygens (including phenoxy) is 1. The quantitative estimate of drug-likeness (QED) is 0.666. The number of aryl methyl sites for hydroxylation is 1. The number of nitro benzene ring substituents is 1. The Bertz CT molecular complexity index is 732. The second kappa shape index (κ2) is 5.88. The van der Waals surface area contributed by atoms with E-state index in [1.807, 2.05) is 0 Å². The second-order valence-electron chi connectivity index (χ2n) is 4.09. The summed E-state index contributed by atoms with van der Waals surface area (Å²) >= 11 is 3.17. The average molecular weight is 353 g/mol. The summed E-state index contributed by atoms with van der Waals surface area (Å²) in [6.07, 6.45) is 0. The Morgan fingerprint density at radius 1 is 1.43 bits per heavy atom. The van der Waals surface area contributed by atoms with Gasteiger partial charge in [0, 0.05) is 17.8 Å². The molecule has 0 bridgehead atoms. The van der Waals surface area contributed by atoms with Gasteiger partial charge < -0.3 is 9.84 Å². The zero-order chi connectivity index (χ0) is 15.6. The van der Waals surface area contributed by atoms with Gasteiger partial charge in [0.15, 0.2) is 0 Å². The molecule has 1 N–H and O–H groups in total. The summed E-state index contributed by atoms with van der Waals surface area (Å²) in [7, 11) is 0. The van der Waals surface area contributed by atoms with Crippen LogP contribution in [0.1, 0.15) is 16.1 Å². The van der Waals surface area contributed by atoms with E-state index in [0.717, 1.165) is 0 Å². The molecule has 0 amide bonds. The molecule has 0 aliphatic rings. The van der Waals surface area contributed by atoms with E-state index in [4.69, 9.17) is 9.84 Å². The molecule has 1 heterocycles. The number of nitro groups is 1.